The Morgan fingerprint density at radius 1 is 1.14 bits per heavy atom. The Morgan fingerprint density at radius 3 is 2.66 bits per heavy atom. The van der Waals surface area contributed by atoms with Crippen molar-refractivity contribution in [3.63, 3.8) is 0 Å². The fourth-order valence-electron chi connectivity index (χ4n) is 4.57. The minimum atomic E-state index is -0.160. The van der Waals surface area contributed by atoms with Crippen molar-refractivity contribution in [2.45, 2.75) is 32.2 Å². The molecule has 2 saturated heterocycles. The highest BCUT2D eigenvalue weighted by molar-refractivity contribution is 7.09. The van der Waals surface area contributed by atoms with Gasteiger partial charge in [0, 0.05) is 43.0 Å². The molecule has 5 nitrogen and oxygen atoms in total. The second-order valence-corrected chi connectivity index (χ2v) is 9.12. The third-order valence-corrected chi connectivity index (χ3v) is 7.17. The zero-order valence-electron chi connectivity index (χ0n) is 16.6. The van der Waals surface area contributed by atoms with E-state index >= 15 is 0 Å². The van der Waals surface area contributed by atoms with Crippen LogP contribution >= 0.6 is 11.3 Å². The number of thiophene rings is 1. The van der Waals surface area contributed by atoms with E-state index in [0.717, 1.165) is 24.1 Å². The molecule has 1 aromatic carbocycles. The van der Waals surface area contributed by atoms with Crippen LogP contribution in [-0.2, 0) is 27.3 Å². The monoisotopic (exact) mass is 412 g/mol. The summed E-state index contributed by atoms with van der Waals surface area (Å²) in [5.41, 5.74) is 1.02. The summed E-state index contributed by atoms with van der Waals surface area (Å²) >= 11 is 1.65. The van der Waals surface area contributed by atoms with Gasteiger partial charge in [-0.1, -0.05) is 36.4 Å². The number of rotatable bonds is 6. The lowest BCUT2D eigenvalue weighted by Gasteiger charge is -2.37. The fourth-order valence-corrected chi connectivity index (χ4v) is 5.21. The maximum atomic E-state index is 13.1. The summed E-state index contributed by atoms with van der Waals surface area (Å²) in [5.74, 6) is 0.0546. The lowest BCUT2D eigenvalue weighted by atomic mass is 9.72. The Kier molecular flexibility index (Phi) is 6.31. The van der Waals surface area contributed by atoms with Crippen molar-refractivity contribution in [2.75, 3.05) is 26.3 Å². The predicted molar refractivity (Wildman–Crippen MR) is 113 cm³/mol. The summed E-state index contributed by atoms with van der Waals surface area (Å²) in [6.07, 6.45) is 2.90. The lowest BCUT2D eigenvalue weighted by molar-refractivity contribution is -0.130. The fraction of sp³-hybridized carbons (Fsp3) is 0.478. The molecule has 154 valence electrons. The standard InChI is InChI=1S/C23H28N2O3S/c26-21(9-8-18-5-2-1-3-6-18)25-16-20(23(17-25)10-12-28-13-11-23)22(27)24-15-19-7-4-14-29-19/h1-7,14,20H,8-13,15-17H2,(H,24,27). The van der Waals surface area contributed by atoms with Crippen molar-refractivity contribution in [3.8, 4) is 0 Å². The molecule has 2 fully saturated rings. The Balaban J connectivity index is 1.40. The van der Waals surface area contributed by atoms with Crippen LogP contribution in [0.1, 0.15) is 29.7 Å². The van der Waals surface area contributed by atoms with Crippen LogP contribution in [0, 0.1) is 11.3 Å². The average Bonchev–Trinajstić information content (AvgIpc) is 3.40. The van der Waals surface area contributed by atoms with E-state index in [1.54, 1.807) is 11.3 Å². The average molecular weight is 413 g/mol. The molecule has 0 aliphatic carbocycles. The zero-order valence-corrected chi connectivity index (χ0v) is 17.5. The van der Waals surface area contributed by atoms with E-state index in [9.17, 15) is 9.59 Å². The quantitative estimate of drug-likeness (QED) is 0.792. The highest BCUT2D eigenvalue weighted by Gasteiger charge is 2.51. The van der Waals surface area contributed by atoms with Crippen LogP contribution in [0.25, 0.3) is 0 Å². The first-order valence-electron chi connectivity index (χ1n) is 10.4. The predicted octanol–water partition coefficient (Wildman–Crippen LogP) is 3.25. The number of carbonyl (C=O) groups excluding carboxylic acids is 2. The second kappa shape index (κ2) is 9.09. The number of likely N-dealkylation sites (tertiary alicyclic amines) is 1. The molecule has 0 saturated carbocycles. The van der Waals surface area contributed by atoms with Crippen LogP contribution in [0.15, 0.2) is 47.8 Å². The van der Waals surface area contributed by atoms with Gasteiger partial charge in [0.05, 0.1) is 12.5 Å². The smallest absolute Gasteiger partial charge is 0.225 e. The first kappa shape index (κ1) is 20.1. The molecule has 4 rings (SSSR count). The van der Waals surface area contributed by atoms with Gasteiger partial charge in [-0.05, 0) is 36.3 Å². The Hall–Kier alpha value is -2.18. The van der Waals surface area contributed by atoms with E-state index in [-0.39, 0.29) is 23.1 Å². The molecule has 29 heavy (non-hydrogen) atoms. The number of ether oxygens (including phenoxy) is 1. The van der Waals surface area contributed by atoms with E-state index in [0.29, 0.717) is 39.3 Å². The van der Waals surface area contributed by atoms with Crippen LogP contribution < -0.4 is 5.32 Å². The van der Waals surface area contributed by atoms with Crippen LogP contribution in [0.3, 0.4) is 0 Å². The summed E-state index contributed by atoms with van der Waals surface area (Å²) in [7, 11) is 0. The van der Waals surface area contributed by atoms with E-state index in [1.165, 1.54) is 5.56 Å². The third-order valence-electron chi connectivity index (χ3n) is 6.29. The van der Waals surface area contributed by atoms with Gasteiger partial charge in [0.1, 0.15) is 0 Å². The molecule has 6 heteroatoms. The molecule has 1 aromatic heterocycles. The minimum absolute atomic E-state index is 0.0682. The number of nitrogens with one attached hydrogen (secondary N) is 1. The molecule has 1 atom stereocenters. The number of benzene rings is 1. The topological polar surface area (TPSA) is 58.6 Å². The maximum absolute atomic E-state index is 13.1. The van der Waals surface area contributed by atoms with Gasteiger partial charge < -0.3 is 15.0 Å². The van der Waals surface area contributed by atoms with Gasteiger partial charge in [-0.3, -0.25) is 9.59 Å². The second-order valence-electron chi connectivity index (χ2n) is 8.08. The van der Waals surface area contributed by atoms with Gasteiger partial charge in [-0.25, -0.2) is 0 Å². The molecule has 1 unspecified atom stereocenters. The first-order valence-corrected chi connectivity index (χ1v) is 11.2. The largest absolute Gasteiger partial charge is 0.381 e. The molecule has 3 heterocycles. The van der Waals surface area contributed by atoms with Crippen molar-refractivity contribution in [1.29, 1.82) is 0 Å². The Bertz CT molecular complexity index is 816. The molecule has 2 aromatic rings. The highest BCUT2D eigenvalue weighted by Crippen LogP contribution is 2.44. The van der Waals surface area contributed by atoms with Crippen molar-refractivity contribution in [2.24, 2.45) is 11.3 Å². The number of nitrogens with zero attached hydrogens (tertiary/aromatic N) is 1. The number of amides is 2. The van der Waals surface area contributed by atoms with Gasteiger partial charge in [0.15, 0.2) is 0 Å². The van der Waals surface area contributed by atoms with E-state index in [1.807, 2.05) is 40.6 Å². The molecular weight excluding hydrogens is 384 g/mol. The normalized spacial score (nSPS) is 20.7. The van der Waals surface area contributed by atoms with Crippen LogP contribution in [-0.4, -0.2) is 43.0 Å². The SMILES string of the molecule is O=C(NCc1cccs1)C1CN(C(=O)CCc2ccccc2)CC12CCOCC2. The molecule has 0 radical (unpaired) electrons. The lowest BCUT2D eigenvalue weighted by Crippen LogP contribution is -2.44. The summed E-state index contributed by atoms with van der Waals surface area (Å²) in [6.45, 7) is 3.08. The molecule has 2 amide bonds. The number of carbonyl (C=O) groups is 2. The van der Waals surface area contributed by atoms with Crippen LogP contribution in [0.5, 0.6) is 0 Å². The van der Waals surface area contributed by atoms with Gasteiger partial charge in [0.2, 0.25) is 11.8 Å². The van der Waals surface area contributed by atoms with Gasteiger partial charge in [-0.15, -0.1) is 11.3 Å². The maximum Gasteiger partial charge on any atom is 0.225 e. The summed E-state index contributed by atoms with van der Waals surface area (Å²) < 4.78 is 5.57. The third kappa shape index (κ3) is 4.70. The molecule has 2 aliphatic rings. The minimum Gasteiger partial charge on any atom is -0.381 e. The van der Waals surface area contributed by atoms with Crippen molar-refractivity contribution >= 4 is 23.2 Å². The number of hydrogen-bond donors (Lipinski definition) is 1. The molecule has 1 spiro atoms. The Labute approximate surface area is 176 Å². The number of hydrogen-bond acceptors (Lipinski definition) is 4. The summed E-state index contributed by atoms with van der Waals surface area (Å²) in [4.78, 5) is 29.1. The first-order chi connectivity index (χ1) is 14.2. The van der Waals surface area contributed by atoms with Gasteiger partial charge >= 0.3 is 0 Å². The van der Waals surface area contributed by atoms with Crippen molar-refractivity contribution < 1.29 is 14.3 Å². The van der Waals surface area contributed by atoms with Crippen LogP contribution in [0.2, 0.25) is 0 Å². The van der Waals surface area contributed by atoms with Crippen molar-refractivity contribution in [1.82, 2.24) is 10.2 Å². The molecule has 1 N–H and O–H groups in total. The van der Waals surface area contributed by atoms with Gasteiger partial charge in [-0.2, -0.15) is 0 Å². The van der Waals surface area contributed by atoms with E-state index < -0.39 is 0 Å². The van der Waals surface area contributed by atoms with E-state index in [4.69, 9.17) is 4.74 Å². The van der Waals surface area contributed by atoms with Crippen LogP contribution in [0.4, 0.5) is 0 Å². The summed E-state index contributed by atoms with van der Waals surface area (Å²) in [5, 5.41) is 5.13. The zero-order chi connectivity index (χ0) is 20.1. The number of aryl methyl sites for hydroxylation is 1. The molecule has 2 aliphatic heterocycles. The van der Waals surface area contributed by atoms with Crippen molar-refractivity contribution in [3.05, 3.63) is 58.3 Å². The molecular formula is C23H28N2O3S. The summed E-state index contributed by atoms with van der Waals surface area (Å²) in [6, 6.07) is 14.1. The van der Waals surface area contributed by atoms with Gasteiger partial charge in [0.25, 0.3) is 0 Å². The highest BCUT2D eigenvalue weighted by atomic mass is 32.1. The Morgan fingerprint density at radius 2 is 1.93 bits per heavy atom. The molecule has 0 bridgehead atoms. The van der Waals surface area contributed by atoms with E-state index in [2.05, 4.69) is 17.4 Å².